The van der Waals surface area contributed by atoms with Gasteiger partial charge in [0.05, 0.1) is 31.6 Å². The Bertz CT molecular complexity index is 825. The SMILES string of the molecule is CCOc1cc([C@@H](N)c2nc(-c3ccoc3C)n[nH]2)ccc1OC. The number of rotatable bonds is 6. The number of nitrogens with one attached hydrogen (secondary N) is 1. The van der Waals surface area contributed by atoms with Crippen LogP contribution in [-0.2, 0) is 0 Å². The number of benzene rings is 1. The molecule has 3 rings (SSSR count). The standard InChI is InChI=1S/C17H20N4O3/c1-4-23-14-9-11(5-6-13(14)22-3)15(18)17-19-16(20-21-17)12-7-8-24-10(12)2/h5-9,15H,4,18H2,1-3H3,(H,19,20,21)/t15-/m1/s1. The van der Waals surface area contributed by atoms with Crippen LogP contribution >= 0.6 is 0 Å². The van der Waals surface area contributed by atoms with Crippen molar-refractivity contribution in [1.82, 2.24) is 15.2 Å². The Balaban J connectivity index is 1.89. The van der Waals surface area contributed by atoms with Crippen LogP contribution in [0.3, 0.4) is 0 Å². The van der Waals surface area contributed by atoms with Gasteiger partial charge >= 0.3 is 0 Å². The van der Waals surface area contributed by atoms with Gasteiger partial charge in [-0.05, 0) is 37.6 Å². The number of aryl methyl sites for hydroxylation is 1. The summed E-state index contributed by atoms with van der Waals surface area (Å²) >= 11 is 0. The van der Waals surface area contributed by atoms with E-state index < -0.39 is 6.04 Å². The highest BCUT2D eigenvalue weighted by molar-refractivity contribution is 5.56. The highest BCUT2D eigenvalue weighted by Crippen LogP contribution is 2.31. The van der Waals surface area contributed by atoms with Gasteiger partial charge in [0.15, 0.2) is 17.3 Å². The van der Waals surface area contributed by atoms with E-state index in [1.165, 1.54) is 0 Å². The second-order valence-corrected chi connectivity index (χ2v) is 5.26. The summed E-state index contributed by atoms with van der Waals surface area (Å²) in [5.41, 5.74) is 8.02. The van der Waals surface area contributed by atoms with Gasteiger partial charge in [0.1, 0.15) is 11.6 Å². The van der Waals surface area contributed by atoms with E-state index in [2.05, 4.69) is 15.2 Å². The molecule has 0 spiro atoms. The lowest BCUT2D eigenvalue weighted by Gasteiger charge is -2.14. The van der Waals surface area contributed by atoms with Crippen LogP contribution in [0.4, 0.5) is 0 Å². The third-order valence-electron chi connectivity index (χ3n) is 3.74. The molecule has 0 amide bonds. The molecule has 0 radical (unpaired) electrons. The number of nitrogens with zero attached hydrogens (tertiary/aromatic N) is 2. The minimum absolute atomic E-state index is 0.455. The van der Waals surface area contributed by atoms with Gasteiger partial charge in [-0.1, -0.05) is 6.07 Å². The fourth-order valence-electron chi connectivity index (χ4n) is 2.46. The van der Waals surface area contributed by atoms with Gasteiger partial charge in [0.25, 0.3) is 0 Å². The summed E-state index contributed by atoms with van der Waals surface area (Å²) < 4.78 is 16.2. The van der Waals surface area contributed by atoms with E-state index >= 15 is 0 Å². The van der Waals surface area contributed by atoms with E-state index in [0.717, 1.165) is 16.9 Å². The number of aromatic amines is 1. The molecule has 0 saturated carbocycles. The lowest BCUT2D eigenvalue weighted by Crippen LogP contribution is -2.14. The molecule has 1 atom stereocenters. The molecule has 3 N–H and O–H groups in total. The predicted octanol–water partition coefficient (Wildman–Crippen LogP) is 2.83. The van der Waals surface area contributed by atoms with Crippen molar-refractivity contribution in [2.24, 2.45) is 5.73 Å². The van der Waals surface area contributed by atoms with Crippen molar-refractivity contribution in [2.75, 3.05) is 13.7 Å². The third kappa shape index (κ3) is 2.98. The molecule has 24 heavy (non-hydrogen) atoms. The maximum absolute atomic E-state index is 6.32. The summed E-state index contributed by atoms with van der Waals surface area (Å²) in [4.78, 5) is 4.48. The molecule has 2 aromatic heterocycles. The van der Waals surface area contributed by atoms with Crippen LogP contribution < -0.4 is 15.2 Å². The highest BCUT2D eigenvalue weighted by atomic mass is 16.5. The summed E-state index contributed by atoms with van der Waals surface area (Å²) in [7, 11) is 1.60. The molecule has 0 aliphatic carbocycles. The molecule has 0 fully saturated rings. The van der Waals surface area contributed by atoms with E-state index in [1.54, 1.807) is 13.4 Å². The van der Waals surface area contributed by atoms with Gasteiger partial charge in [-0.25, -0.2) is 4.98 Å². The van der Waals surface area contributed by atoms with Crippen LogP contribution in [0.5, 0.6) is 11.5 Å². The van der Waals surface area contributed by atoms with Crippen molar-refractivity contribution < 1.29 is 13.9 Å². The fraction of sp³-hybridized carbons (Fsp3) is 0.294. The van der Waals surface area contributed by atoms with Crippen LogP contribution in [-0.4, -0.2) is 28.9 Å². The van der Waals surface area contributed by atoms with Crippen molar-refractivity contribution in [3.8, 4) is 22.9 Å². The van der Waals surface area contributed by atoms with Gasteiger partial charge in [0.2, 0.25) is 0 Å². The van der Waals surface area contributed by atoms with Gasteiger partial charge in [-0.2, -0.15) is 5.10 Å². The van der Waals surface area contributed by atoms with E-state index in [9.17, 15) is 0 Å². The maximum Gasteiger partial charge on any atom is 0.184 e. The lowest BCUT2D eigenvalue weighted by atomic mass is 10.1. The summed E-state index contributed by atoms with van der Waals surface area (Å²) in [6, 6.07) is 6.95. The molecule has 3 aromatic rings. The van der Waals surface area contributed by atoms with E-state index in [-0.39, 0.29) is 0 Å². The molecule has 1 aromatic carbocycles. The lowest BCUT2D eigenvalue weighted by molar-refractivity contribution is 0.310. The number of ether oxygens (including phenoxy) is 2. The third-order valence-corrected chi connectivity index (χ3v) is 3.74. The summed E-state index contributed by atoms with van der Waals surface area (Å²) in [6.07, 6.45) is 1.61. The number of nitrogens with two attached hydrogens (primary N) is 1. The zero-order valence-electron chi connectivity index (χ0n) is 13.9. The van der Waals surface area contributed by atoms with Gasteiger partial charge in [-0.3, -0.25) is 5.10 Å². The first kappa shape index (κ1) is 16.1. The molecule has 126 valence electrons. The minimum atomic E-state index is -0.455. The predicted molar refractivity (Wildman–Crippen MR) is 89.0 cm³/mol. The smallest absolute Gasteiger partial charge is 0.184 e. The summed E-state index contributed by atoms with van der Waals surface area (Å²) in [5, 5.41) is 7.13. The molecule has 7 heteroatoms. The Kier molecular flexibility index (Phi) is 4.52. The fourth-order valence-corrected chi connectivity index (χ4v) is 2.46. The highest BCUT2D eigenvalue weighted by Gasteiger charge is 2.18. The normalized spacial score (nSPS) is 12.2. The molecule has 0 bridgehead atoms. The average Bonchev–Trinajstić information content (AvgIpc) is 3.23. The molecular formula is C17H20N4O3. The maximum atomic E-state index is 6.32. The number of methoxy groups -OCH3 is 1. The van der Waals surface area contributed by atoms with Gasteiger partial charge in [-0.15, -0.1) is 0 Å². The Morgan fingerprint density at radius 1 is 1.29 bits per heavy atom. The molecule has 0 unspecified atom stereocenters. The Labute approximate surface area is 139 Å². The Morgan fingerprint density at radius 3 is 2.79 bits per heavy atom. The van der Waals surface area contributed by atoms with Crippen LogP contribution in [0, 0.1) is 6.92 Å². The van der Waals surface area contributed by atoms with E-state index in [1.807, 2.05) is 38.1 Å². The first-order valence-electron chi connectivity index (χ1n) is 7.67. The second kappa shape index (κ2) is 6.76. The largest absolute Gasteiger partial charge is 0.493 e. The van der Waals surface area contributed by atoms with Crippen molar-refractivity contribution in [2.45, 2.75) is 19.9 Å². The quantitative estimate of drug-likeness (QED) is 0.722. The number of hydrogen-bond acceptors (Lipinski definition) is 6. The molecular weight excluding hydrogens is 308 g/mol. The number of furan rings is 1. The van der Waals surface area contributed by atoms with Gasteiger partial charge in [0, 0.05) is 0 Å². The Hall–Kier alpha value is -2.80. The molecule has 0 aliphatic rings. The average molecular weight is 328 g/mol. The van der Waals surface area contributed by atoms with Crippen LogP contribution in [0.1, 0.15) is 30.1 Å². The minimum Gasteiger partial charge on any atom is -0.493 e. The zero-order chi connectivity index (χ0) is 17.1. The van der Waals surface area contributed by atoms with E-state index in [4.69, 9.17) is 19.6 Å². The molecule has 0 saturated heterocycles. The number of aromatic nitrogens is 3. The monoisotopic (exact) mass is 328 g/mol. The van der Waals surface area contributed by atoms with Crippen molar-refractivity contribution in [3.05, 3.63) is 47.7 Å². The van der Waals surface area contributed by atoms with Crippen LogP contribution in [0.25, 0.3) is 11.4 Å². The first-order valence-corrected chi connectivity index (χ1v) is 7.67. The van der Waals surface area contributed by atoms with Crippen molar-refractivity contribution in [1.29, 1.82) is 0 Å². The molecule has 0 aliphatic heterocycles. The summed E-state index contributed by atoms with van der Waals surface area (Å²) in [5.74, 6) is 3.21. The molecule has 7 nitrogen and oxygen atoms in total. The number of hydrogen-bond donors (Lipinski definition) is 2. The van der Waals surface area contributed by atoms with Crippen LogP contribution in [0.15, 0.2) is 34.9 Å². The second-order valence-electron chi connectivity index (χ2n) is 5.26. The first-order chi connectivity index (χ1) is 11.6. The summed E-state index contributed by atoms with van der Waals surface area (Å²) in [6.45, 7) is 4.33. The van der Waals surface area contributed by atoms with Crippen molar-refractivity contribution >= 4 is 0 Å². The molecule has 2 heterocycles. The van der Waals surface area contributed by atoms with Gasteiger partial charge < -0.3 is 19.6 Å². The number of H-pyrrole nitrogens is 1. The van der Waals surface area contributed by atoms with Crippen molar-refractivity contribution in [3.63, 3.8) is 0 Å². The topological polar surface area (TPSA) is 99.2 Å². The zero-order valence-corrected chi connectivity index (χ0v) is 13.9. The van der Waals surface area contributed by atoms with Crippen LogP contribution in [0.2, 0.25) is 0 Å². The Morgan fingerprint density at radius 2 is 2.12 bits per heavy atom. The van der Waals surface area contributed by atoms with E-state index in [0.29, 0.717) is 29.8 Å².